The molecule has 1 aliphatic heterocycles. The number of carbonyl (C=O) groups is 4. The lowest BCUT2D eigenvalue weighted by Gasteiger charge is -2.31. The molecule has 1 unspecified atom stereocenters. The summed E-state index contributed by atoms with van der Waals surface area (Å²) < 4.78 is 15.6. The van der Waals surface area contributed by atoms with Crippen molar-refractivity contribution in [2.75, 3.05) is 25.7 Å². The van der Waals surface area contributed by atoms with E-state index in [2.05, 4.69) is 0 Å². The second-order valence-corrected chi connectivity index (χ2v) is 9.64. The molecule has 2 fully saturated rings. The Hall–Kier alpha value is -2.78. The molecule has 1 aromatic rings. The summed E-state index contributed by atoms with van der Waals surface area (Å²) in [6, 6.07) is 5.12. The van der Waals surface area contributed by atoms with Gasteiger partial charge in [-0.1, -0.05) is 27.7 Å². The van der Waals surface area contributed by atoms with Crippen LogP contribution in [0.3, 0.4) is 0 Å². The minimum absolute atomic E-state index is 0.0252. The van der Waals surface area contributed by atoms with Crippen LogP contribution in [0.4, 0.5) is 5.69 Å². The number of hydrogen-bond acceptors (Lipinski definition) is 7. The molecule has 0 radical (unpaired) electrons. The maximum absolute atomic E-state index is 13.6. The molecule has 2 aliphatic rings. The number of nitrogens with zero attached hydrogens (tertiary/aromatic N) is 2. The normalized spacial score (nSPS) is 21.5. The fourth-order valence-electron chi connectivity index (χ4n) is 4.72. The third kappa shape index (κ3) is 4.39. The number of amides is 3. The lowest BCUT2D eigenvalue weighted by Crippen LogP contribution is -2.50. The third-order valence-corrected chi connectivity index (χ3v) is 7.28. The monoisotopic (exact) mass is 460 g/mol. The Kier molecular flexibility index (Phi) is 6.68. The molecular weight excluding hydrogens is 428 g/mol. The Morgan fingerprint density at radius 1 is 1.06 bits per heavy atom. The van der Waals surface area contributed by atoms with Gasteiger partial charge >= 0.3 is 5.97 Å². The van der Waals surface area contributed by atoms with Gasteiger partial charge < -0.3 is 19.1 Å². The average Bonchev–Trinajstić information content (AvgIpc) is 2.97. The molecule has 1 atom stereocenters. The van der Waals surface area contributed by atoms with Crippen LogP contribution in [0.2, 0.25) is 0 Å². The van der Waals surface area contributed by atoms with Gasteiger partial charge in [0.2, 0.25) is 11.8 Å². The van der Waals surface area contributed by atoms with Crippen molar-refractivity contribution in [3.63, 3.8) is 0 Å². The topological polar surface area (TPSA) is 102 Å². The van der Waals surface area contributed by atoms with Crippen LogP contribution in [0.5, 0.6) is 5.75 Å². The molecule has 3 rings (SSSR count). The van der Waals surface area contributed by atoms with Crippen molar-refractivity contribution in [3.8, 4) is 5.75 Å². The smallest absolute Gasteiger partial charge is 0.308 e. The van der Waals surface area contributed by atoms with Crippen molar-refractivity contribution >= 4 is 29.4 Å². The highest BCUT2D eigenvalue weighted by Gasteiger charge is 2.69. The Bertz CT molecular complexity index is 936. The summed E-state index contributed by atoms with van der Waals surface area (Å²) in [5.41, 5.74) is -0.135. The molecule has 180 valence electrons. The zero-order chi connectivity index (χ0) is 24.7. The molecule has 33 heavy (non-hydrogen) atoms. The predicted molar refractivity (Wildman–Crippen MR) is 119 cm³/mol. The van der Waals surface area contributed by atoms with Gasteiger partial charge in [-0.25, -0.2) is 4.90 Å². The van der Waals surface area contributed by atoms with Crippen molar-refractivity contribution < 1.29 is 33.4 Å². The Morgan fingerprint density at radius 3 is 2.06 bits per heavy atom. The summed E-state index contributed by atoms with van der Waals surface area (Å²) in [7, 11) is 2.92. The molecule has 1 aliphatic carbocycles. The van der Waals surface area contributed by atoms with Crippen LogP contribution >= 0.6 is 0 Å². The van der Waals surface area contributed by atoms with Crippen molar-refractivity contribution in [1.82, 2.24) is 4.90 Å². The lowest BCUT2D eigenvalue weighted by molar-refractivity contribution is -0.154. The zero-order valence-electron chi connectivity index (χ0n) is 20.2. The fraction of sp³-hybridized carbons (Fsp3) is 0.583. The molecule has 3 amide bonds. The highest BCUT2D eigenvalue weighted by atomic mass is 16.7. The molecule has 0 N–H and O–H groups in total. The number of benzene rings is 1. The van der Waals surface area contributed by atoms with Gasteiger partial charge in [0.05, 0.1) is 18.7 Å². The zero-order valence-corrected chi connectivity index (χ0v) is 20.2. The van der Waals surface area contributed by atoms with Crippen molar-refractivity contribution in [3.05, 3.63) is 24.3 Å². The summed E-state index contributed by atoms with van der Waals surface area (Å²) >= 11 is 0. The number of rotatable bonds is 8. The maximum atomic E-state index is 13.6. The van der Waals surface area contributed by atoms with Gasteiger partial charge in [0.1, 0.15) is 11.8 Å². The minimum Gasteiger partial charge on any atom is -0.427 e. The van der Waals surface area contributed by atoms with Gasteiger partial charge in [0, 0.05) is 27.1 Å². The molecule has 1 heterocycles. The second kappa shape index (κ2) is 8.87. The molecule has 0 spiro atoms. The number of esters is 1. The van der Waals surface area contributed by atoms with Crippen LogP contribution in [-0.2, 0) is 28.7 Å². The summed E-state index contributed by atoms with van der Waals surface area (Å²) in [6.07, 6.45) is -0.872. The van der Waals surface area contributed by atoms with Gasteiger partial charge in [0.15, 0.2) is 6.29 Å². The van der Waals surface area contributed by atoms with E-state index < -0.39 is 30.1 Å². The van der Waals surface area contributed by atoms with Gasteiger partial charge in [-0.3, -0.25) is 19.2 Å². The van der Waals surface area contributed by atoms with Crippen molar-refractivity contribution in [2.24, 2.45) is 16.7 Å². The van der Waals surface area contributed by atoms with E-state index in [-0.39, 0.29) is 35.6 Å². The largest absolute Gasteiger partial charge is 0.427 e. The summed E-state index contributed by atoms with van der Waals surface area (Å²) in [5, 5.41) is 0. The standard InChI is InChI=1S/C24H32N2O7/c1-14(27)33-16-10-8-15(9-11-16)26-18(28)12-17(21(26)29)25(13-19(31-6)32-7)22(30)20-23(2,3)24(20,4)5/h8-11,17,19-20H,12-13H2,1-7H3. The van der Waals surface area contributed by atoms with Crippen LogP contribution in [0.25, 0.3) is 0 Å². The SMILES string of the molecule is COC(CN(C(=O)C1C(C)(C)C1(C)C)C1CC(=O)N(c2ccc(OC(C)=O)cc2)C1=O)OC. The number of ether oxygens (including phenoxy) is 3. The number of methoxy groups -OCH3 is 2. The van der Waals surface area contributed by atoms with E-state index in [1.807, 2.05) is 27.7 Å². The van der Waals surface area contributed by atoms with Gasteiger partial charge in [0.25, 0.3) is 5.91 Å². The van der Waals surface area contributed by atoms with Crippen LogP contribution in [0.15, 0.2) is 24.3 Å². The Balaban J connectivity index is 1.88. The van der Waals surface area contributed by atoms with Crippen LogP contribution in [0.1, 0.15) is 41.0 Å². The quantitative estimate of drug-likeness (QED) is 0.254. The number of anilines is 1. The van der Waals surface area contributed by atoms with Crippen molar-refractivity contribution in [1.29, 1.82) is 0 Å². The van der Waals surface area contributed by atoms with Gasteiger partial charge in [-0.15, -0.1) is 0 Å². The van der Waals surface area contributed by atoms with Crippen LogP contribution in [-0.4, -0.2) is 61.7 Å². The van der Waals surface area contributed by atoms with E-state index in [4.69, 9.17) is 14.2 Å². The van der Waals surface area contributed by atoms with Crippen molar-refractivity contribution in [2.45, 2.75) is 53.4 Å². The number of imide groups is 1. The van der Waals surface area contributed by atoms with Gasteiger partial charge in [-0.2, -0.15) is 0 Å². The average molecular weight is 461 g/mol. The first-order valence-corrected chi connectivity index (χ1v) is 10.9. The Morgan fingerprint density at radius 2 is 1.61 bits per heavy atom. The molecule has 1 saturated heterocycles. The van der Waals surface area contributed by atoms with E-state index in [9.17, 15) is 19.2 Å². The van der Waals surface area contributed by atoms with E-state index in [1.54, 1.807) is 0 Å². The number of hydrogen-bond donors (Lipinski definition) is 0. The van der Waals surface area contributed by atoms with E-state index in [0.29, 0.717) is 11.4 Å². The molecule has 9 nitrogen and oxygen atoms in total. The maximum Gasteiger partial charge on any atom is 0.308 e. The summed E-state index contributed by atoms with van der Waals surface area (Å²) in [4.78, 5) is 53.5. The number of carbonyl (C=O) groups excluding carboxylic acids is 4. The molecule has 1 aromatic carbocycles. The predicted octanol–water partition coefficient (Wildman–Crippen LogP) is 2.37. The first-order chi connectivity index (χ1) is 15.4. The fourth-order valence-corrected chi connectivity index (χ4v) is 4.72. The van der Waals surface area contributed by atoms with E-state index in [0.717, 1.165) is 4.90 Å². The molecular formula is C24H32N2O7. The first-order valence-electron chi connectivity index (χ1n) is 10.9. The van der Waals surface area contributed by atoms with E-state index >= 15 is 0 Å². The lowest BCUT2D eigenvalue weighted by atomic mass is 10.0. The molecule has 9 heteroatoms. The van der Waals surface area contributed by atoms with Crippen LogP contribution in [0, 0.1) is 16.7 Å². The minimum atomic E-state index is -0.960. The van der Waals surface area contributed by atoms with E-state index in [1.165, 1.54) is 50.3 Å². The molecule has 0 aromatic heterocycles. The third-order valence-electron chi connectivity index (χ3n) is 7.28. The molecule has 0 bridgehead atoms. The second-order valence-electron chi connectivity index (χ2n) is 9.64. The van der Waals surface area contributed by atoms with Gasteiger partial charge in [-0.05, 0) is 35.1 Å². The molecule has 1 saturated carbocycles. The summed E-state index contributed by atoms with van der Waals surface area (Å²) in [6.45, 7) is 9.41. The summed E-state index contributed by atoms with van der Waals surface area (Å²) in [5.74, 6) is -1.55. The highest BCUT2D eigenvalue weighted by Crippen LogP contribution is 2.69. The highest BCUT2D eigenvalue weighted by molar-refractivity contribution is 6.23. The first kappa shape index (κ1) is 24.9. The Labute approximate surface area is 193 Å². The van der Waals surface area contributed by atoms with Crippen LogP contribution < -0.4 is 9.64 Å².